The third-order valence-corrected chi connectivity index (χ3v) is 13.0. The molecule has 1 aliphatic heterocycles. The molecule has 0 saturated carbocycles. The molecule has 1 aliphatic carbocycles. The van der Waals surface area contributed by atoms with Gasteiger partial charge in [0.2, 0.25) is 0 Å². The molecule has 2 unspecified atom stereocenters. The van der Waals surface area contributed by atoms with Crippen LogP contribution in [0, 0.1) is 6.07 Å². The van der Waals surface area contributed by atoms with Crippen molar-refractivity contribution in [2.75, 3.05) is 0 Å². The zero-order valence-electron chi connectivity index (χ0n) is 34.0. The van der Waals surface area contributed by atoms with Gasteiger partial charge in [0.05, 0.1) is 33.5 Å². The number of phenolic OH excluding ortho intramolecular Hbond substituents is 1. The standard InChI is InChI=1S/C55H41N4O.Pt/c1-55(2,3)34-29-30-47(42(31-34)33-15-5-4-6-16-33)59-48-27-13-22-39(52(48)57-54(59)40-18-8-10-28-50(40)60)45-25-14-24-44(56-45)35-19-11-20-37-43(35)32-49-51(37)41-23-12-21-38-36-17-7-9-26-46(36)58(49)53(38)41;/h4-18,20-31,49,51,60H,32H2,1-3H3;/q-1;. The Morgan fingerprint density at radius 3 is 2.21 bits per heavy atom. The summed E-state index contributed by atoms with van der Waals surface area (Å²) in [6, 6.07) is 61.4. The monoisotopic (exact) mass is 968 g/mol. The number of benzene rings is 7. The number of phenols is 1. The summed E-state index contributed by atoms with van der Waals surface area (Å²) in [4.78, 5) is 10.8. The van der Waals surface area contributed by atoms with E-state index < -0.39 is 0 Å². The van der Waals surface area contributed by atoms with Gasteiger partial charge in [-0.25, -0.2) is 4.98 Å². The van der Waals surface area contributed by atoms with Crippen molar-refractivity contribution in [3.8, 4) is 56.5 Å². The van der Waals surface area contributed by atoms with Crippen molar-refractivity contribution >= 4 is 32.8 Å². The van der Waals surface area contributed by atoms with Crippen LogP contribution in [0.3, 0.4) is 0 Å². The van der Waals surface area contributed by atoms with Gasteiger partial charge in [0.25, 0.3) is 0 Å². The number of nitrogens with zero attached hydrogens (tertiary/aromatic N) is 4. The quantitative estimate of drug-likeness (QED) is 0.175. The first kappa shape index (κ1) is 37.4. The van der Waals surface area contributed by atoms with E-state index in [1.165, 1.54) is 44.1 Å². The van der Waals surface area contributed by atoms with Gasteiger partial charge in [-0.2, -0.15) is 0 Å². The van der Waals surface area contributed by atoms with E-state index >= 15 is 0 Å². The second-order valence-electron chi connectivity index (χ2n) is 17.4. The van der Waals surface area contributed by atoms with Gasteiger partial charge in [-0.05, 0) is 76.7 Å². The minimum Gasteiger partial charge on any atom is -0.507 e. The zero-order chi connectivity index (χ0) is 40.3. The Bertz CT molecular complexity index is 3370. The van der Waals surface area contributed by atoms with Crippen molar-refractivity contribution in [2.45, 2.75) is 44.6 Å². The summed E-state index contributed by atoms with van der Waals surface area (Å²) in [6.45, 7) is 6.74. The van der Waals surface area contributed by atoms with Crippen LogP contribution < -0.4 is 0 Å². The van der Waals surface area contributed by atoms with Gasteiger partial charge >= 0.3 is 0 Å². The number of hydrogen-bond acceptors (Lipinski definition) is 3. The van der Waals surface area contributed by atoms with Crippen molar-refractivity contribution in [1.29, 1.82) is 0 Å². The third kappa shape index (κ3) is 5.64. The first-order valence-electron chi connectivity index (χ1n) is 20.9. The van der Waals surface area contributed by atoms with E-state index in [0.29, 0.717) is 23.3 Å². The molecule has 6 heteroatoms. The normalized spacial score (nSPS) is 15.3. The molecule has 4 heterocycles. The van der Waals surface area contributed by atoms with Crippen LogP contribution in [0.4, 0.5) is 0 Å². The Balaban J connectivity index is 0.00000420. The summed E-state index contributed by atoms with van der Waals surface area (Å²) >= 11 is 0. The maximum Gasteiger partial charge on any atom is 0.149 e. The van der Waals surface area contributed by atoms with Crippen LogP contribution in [0.25, 0.3) is 83.6 Å². The minimum absolute atomic E-state index is 0. The topological polar surface area (TPSA) is 55.9 Å². The number of pyridine rings is 1. The Hall–Kier alpha value is -6.55. The Morgan fingerprint density at radius 2 is 1.36 bits per heavy atom. The molecule has 5 nitrogen and oxygen atoms in total. The molecule has 0 radical (unpaired) electrons. The van der Waals surface area contributed by atoms with Crippen molar-refractivity contribution in [3.05, 3.63) is 192 Å². The molecule has 0 saturated heterocycles. The summed E-state index contributed by atoms with van der Waals surface area (Å²) in [5.41, 5.74) is 17.3. The molecule has 2 atom stereocenters. The molecule has 10 aromatic rings. The first-order valence-corrected chi connectivity index (χ1v) is 20.9. The molecule has 3 aromatic heterocycles. The van der Waals surface area contributed by atoms with E-state index in [1.54, 1.807) is 6.07 Å². The maximum absolute atomic E-state index is 11.3. The smallest absolute Gasteiger partial charge is 0.149 e. The number of aromatic nitrogens is 4. The van der Waals surface area contributed by atoms with Gasteiger partial charge in [-0.15, -0.1) is 34.9 Å². The summed E-state index contributed by atoms with van der Waals surface area (Å²) < 4.78 is 4.82. The van der Waals surface area contributed by atoms with Crippen molar-refractivity contribution in [1.82, 2.24) is 19.1 Å². The number of imidazole rings is 1. The van der Waals surface area contributed by atoms with Crippen LogP contribution in [0.1, 0.15) is 55.0 Å². The van der Waals surface area contributed by atoms with Gasteiger partial charge in [0.15, 0.2) is 0 Å². The van der Waals surface area contributed by atoms with Crippen molar-refractivity contribution in [2.24, 2.45) is 0 Å². The van der Waals surface area contributed by atoms with Crippen LogP contribution in [0.5, 0.6) is 5.75 Å². The van der Waals surface area contributed by atoms with Gasteiger partial charge in [0.1, 0.15) is 11.6 Å². The molecule has 61 heavy (non-hydrogen) atoms. The number of aromatic hydroxyl groups is 1. The van der Waals surface area contributed by atoms with Gasteiger partial charge in [-0.3, -0.25) is 9.55 Å². The van der Waals surface area contributed by atoms with Gasteiger partial charge in [0, 0.05) is 60.4 Å². The van der Waals surface area contributed by atoms with E-state index in [9.17, 15) is 5.11 Å². The average molecular weight is 969 g/mol. The Morgan fingerprint density at radius 1 is 0.639 bits per heavy atom. The molecular weight excluding hydrogens is 928 g/mol. The van der Waals surface area contributed by atoms with E-state index in [1.807, 2.05) is 18.2 Å². The zero-order valence-corrected chi connectivity index (χ0v) is 36.3. The fourth-order valence-electron chi connectivity index (χ4n) is 10.3. The van der Waals surface area contributed by atoms with E-state index in [2.05, 4.69) is 175 Å². The van der Waals surface area contributed by atoms with Gasteiger partial charge in [-0.1, -0.05) is 130 Å². The second-order valence-corrected chi connectivity index (χ2v) is 17.4. The molecule has 7 aromatic carbocycles. The average Bonchev–Trinajstić information content (AvgIpc) is 4.03. The third-order valence-electron chi connectivity index (χ3n) is 13.0. The summed E-state index contributed by atoms with van der Waals surface area (Å²) in [5.74, 6) is 1.14. The molecule has 2 aliphatic rings. The fourth-order valence-corrected chi connectivity index (χ4v) is 10.3. The summed E-state index contributed by atoms with van der Waals surface area (Å²) in [5, 5.41) is 14.0. The maximum atomic E-state index is 11.3. The fraction of sp³-hybridized carbons (Fsp3) is 0.127. The molecule has 0 spiro atoms. The van der Waals surface area contributed by atoms with Crippen molar-refractivity contribution < 1.29 is 26.2 Å². The van der Waals surface area contributed by atoms with E-state index in [-0.39, 0.29) is 32.2 Å². The SMILES string of the molecule is CC(C)(C)c1ccc(-n2c(-c3ccccc3O)nc3c(-c4cccc(-c5[c-]ccc6c5CC5C6c6cccc7c8ccccc8n5c67)n4)cccc32)c(-c2ccccc2)c1.[Pt]. The van der Waals surface area contributed by atoms with Crippen LogP contribution >= 0.6 is 0 Å². The predicted molar refractivity (Wildman–Crippen MR) is 244 cm³/mol. The second kappa shape index (κ2) is 14.0. The summed E-state index contributed by atoms with van der Waals surface area (Å²) in [7, 11) is 0. The Kier molecular flexibility index (Phi) is 8.60. The molecule has 0 fully saturated rings. The largest absolute Gasteiger partial charge is 0.507 e. The Labute approximate surface area is 369 Å². The molecule has 0 bridgehead atoms. The molecular formula is C55H41N4OPt-. The van der Waals surface area contributed by atoms with Gasteiger partial charge < -0.3 is 9.67 Å². The number of fused-ring (bicyclic) bond motifs is 9. The van der Waals surface area contributed by atoms with E-state index in [4.69, 9.17) is 9.97 Å². The van der Waals surface area contributed by atoms with Crippen LogP contribution in [0.15, 0.2) is 164 Å². The van der Waals surface area contributed by atoms with Crippen LogP contribution in [-0.4, -0.2) is 24.2 Å². The molecule has 0 amide bonds. The van der Waals surface area contributed by atoms with Crippen molar-refractivity contribution in [3.63, 3.8) is 0 Å². The first-order chi connectivity index (χ1) is 29.3. The van der Waals surface area contributed by atoms with Crippen LogP contribution in [0.2, 0.25) is 0 Å². The molecule has 1 N–H and O–H groups in total. The van der Waals surface area contributed by atoms with Crippen LogP contribution in [-0.2, 0) is 32.9 Å². The van der Waals surface area contributed by atoms with E-state index in [0.717, 1.165) is 56.8 Å². The number of hydrogen-bond donors (Lipinski definition) is 1. The minimum atomic E-state index is -0.0494. The molecule has 12 rings (SSSR count). The number of rotatable bonds is 5. The summed E-state index contributed by atoms with van der Waals surface area (Å²) in [6.07, 6.45) is 0.919. The predicted octanol–water partition coefficient (Wildman–Crippen LogP) is 13.2. The molecule has 298 valence electrons. The number of para-hydroxylation sites is 4.